The SMILES string of the molecule is O=P1(Nc2ccc(NP3(=O)Oc4ccccc4-c4ccccc43)cc2)Oc2ccccc2-c2ccccc21. The molecule has 0 amide bonds. The van der Waals surface area contributed by atoms with Gasteiger partial charge in [0, 0.05) is 33.6 Å². The lowest BCUT2D eigenvalue weighted by atomic mass is 10.0. The number of fused-ring (bicyclic) bond motifs is 6. The van der Waals surface area contributed by atoms with Crippen molar-refractivity contribution in [2.75, 3.05) is 10.2 Å². The van der Waals surface area contributed by atoms with E-state index in [0.29, 0.717) is 33.5 Å². The number of hydrogen-bond donors (Lipinski definition) is 2. The number of benzene rings is 5. The molecule has 8 heteroatoms. The summed E-state index contributed by atoms with van der Waals surface area (Å²) in [4.78, 5) is 0. The molecule has 0 fully saturated rings. The molecule has 0 spiro atoms. The van der Waals surface area contributed by atoms with Gasteiger partial charge < -0.3 is 19.2 Å². The maximum Gasteiger partial charge on any atom is 0.372 e. The molecule has 0 saturated heterocycles. The summed E-state index contributed by atoms with van der Waals surface area (Å²) in [6.07, 6.45) is 0. The molecule has 0 radical (unpaired) electrons. The quantitative estimate of drug-likeness (QED) is 0.230. The van der Waals surface area contributed by atoms with Gasteiger partial charge in [-0.25, -0.2) is 9.13 Å². The molecule has 38 heavy (non-hydrogen) atoms. The Morgan fingerprint density at radius 3 is 1.18 bits per heavy atom. The number of para-hydroxylation sites is 2. The summed E-state index contributed by atoms with van der Waals surface area (Å²) in [6.45, 7) is 0. The van der Waals surface area contributed by atoms with E-state index >= 15 is 0 Å². The first-order valence-electron chi connectivity index (χ1n) is 12.2. The summed E-state index contributed by atoms with van der Waals surface area (Å²) < 4.78 is 40.3. The molecule has 2 atom stereocenters. The second-order valence-electron chi connectivity index (χ2n) is 9.11. The fraction of sp³-hybridized carbons (Fsp3) is 0. The highest BCUT2D eigenvalue weighted by molar-refractivity contribution is 7.69. The maximum absolute atomic E-state index is 14.1. The van der Waals surface area contributed by atoms with Crippen LogP contribution in [0, 0.1) is 0 Å². The number of hydrogen-bond acceptors (Lipinski definition) is 4. The van der Waals surface area contributed by atoms with Crippen LogP contribution in [0.2, 0.25) is 0 Å². The van der Waals surface area contributed by atoms with E-state index in [1.54, 1.807) is 24.3 Å². The summed E-state index contributed by atoms with van der Waals surface area (Å²) >= 11 is 0. The van der Waals surface area contributed by atoms with E-state index in [2.05, 4.69) is 10.2 Å². The van der Waals surface area contributed by atoms with Crippen LogP contribution in [-0.2, 0) is 9.13 Å². The van der Waals surface area contributed by atoms with Crippen LogP contribution >= 0.6 is 15.0 Å². The van der Waals surface area contributed by atoms with Crippen LogP contribution in [0.3, 0.4) is 0 Å². The molecule has 0 aliphatic carbocycles. The van der Waals surface area contributed by atoms with Gasteiger partial charge in [-0.05, 0) is 48.5 Å². The summed E-state index contributed by atoms with van der Waals surface area (Å²) in [5.41, 5.74) is 4.82. The minimum absolute atomic E-state index is 0.576. The fourth-order valence-electron chi connectivity index (χ4n) is 4.95. The number of nitrogens with one attached hydrogen (secondary N) is 2. The molecular weight excluding hydrogens is 514 g/mol. The number of rotatable bonds is 4. The van der Waals surface area contributed by atoms with Gasteiger partial charge in [-0.1, -0.05) is 72.8 Å². The van der Waals surface area contributed by atoms with E-state index in [1.807, 2.05) is 97.1 Å². The Bertz CT molecular complexity index is 1670. The Morgan fingerprint density at radius 2 is 0.763 bits per heavy atom. The lowest BCUT2D eigenvalue weighted by Crippen LogP contribution is -2.22. The van der Waals surface area contributed by atoms with Gasteiger partial charge in [-0.2, -0.15) is 0 Å². The van der Waals surface area contributed by atoms with E-state index in [1.165, 1.54) is 0 Å². The zero-order valence-corrected chi connectivity index (χ0v) is 21.9. The van der Waals surface area contributed by atoms with Crippen LogP contribution < -0.4 is 29.8 Å². The second-order valence-corrected chi connectivity index (χ2v) is 13.1. The zero-order valence-electron chi connectivity index (χ0n) is 20.1. The largest absolute Gasteiger partial charge is 0.425 e. The molecule has 2 heterocycles. The van der Waals surface area contributed by atoms with Gasteiger partial charge in [-0.15, -0.1) is 0 Å². The van der Waals surface area contributed by atoms with Crippen molar-refractivity contribution in [1.29, 1.82) is 0 Å². The van der Waals surface area contributed by atoms with Crippen molar-refractivity contribution in [1.82, 2.24) is 0 Å². The van der Waals surface area contributed by atoms with Gasteiger partial charge in [0.25, 0.3) is 0 Å². The second kappa shape index (κ2) is 8.66. The highest BCUT2D eigenvalue weighted by Gasteiger charge is 2.37. The first kappa shape index (κ1) is 22.9. The molecule has 7 rings (SSSR count). The van der Waals surface area contributed by atoms with Gasteiger partial charge >= 0.3 is 15.0 Å². The Labute approximate surface area is 220 Å². The van der Waals surface area contributed by atoms with Crippen molar-refractivity contribution in [3.63, 3.8) is 0 Å². The van der Waals surface area contributed by atoms with Crippen molar-refractivity contribution in [2.45, 2.75) is 0 Å². The van der Waals surface area contributed by atoms with E-state index in [0.717, 1.165) is 22.3 Å². The maximum atomic E-state index is 14.1. The lowest BCUT2D eigenvalue weighted by molar-refractivity contribution is 0.495. The lowest BCUT2D eigenvalue weighted by Gasteiger charge is -2.30. The highest BCUT2D eigenvalue weighted by Crippen LogP contribution is 2.56. The summed E-state index contributed by atoms with van der Waals surface area (Å²) in [7, 11) is -6.90. The van der Waals surface area contributed by atoms with Gasteiger partial charge in [0.1, 0.15) is 11.5 Å². The van der Waals surface area contributed by atoms with Crippen LogP contribution in [0.5, 0.6) is 11.5 Å². The molecule has 2 aliphatic heterocycles. The first-order chi connectivity index (χ1) is 18.5. The molecular formula is C30H22N2O4P2. The number of anilines is 2. The molecule has 0 aromatic heterocycles. The van der Waals surface area contributed by atoms with Gasteiger partial charge in [0.05, 0.1) is 10.6 Å². The van der Waals surface area contributed by atoms with E-state index in [4.69, 9.17) is 9.05 Å². The van der Waals surface area contributed by atoms with Gasteiger partial charge in [0.15, 0.2) is 0 Å². The first-order valence-corrected chi connectivity index (χ1v) is 15.4. The molecule has 0 saturated carbocycles. The molecule has 2 aliphatic rings. The predicted octanol–water partition coefficient (Wildman–Crippen LogP) is 7.67. The molecule has 5 aromatic carbocycles. The van der Waals surface area contributed by atoms with Crippen LogP contribution in [0.1, 0.15) is 0 Å². The molecule has 0 bridgehead atoms. The summed E-state index contributed by atoms with van der Waals surface area (Å²) in [6, 6.07) is 37.4. The Morgan fingerprint density at radius 1 is 0.421 bits per heavy atom. The van der Waals surface area contributed by atoms with Crippen molar-refractivity contribution in [3.8, 4) is 33.8 Å². The van der Waals surface area contributed by atoms with Gasteiger partial charge in [-0.3, -0.25) is 0 Å². The van der Waals surface area contributed by atoms with E-state index < -0.39 is 15.0 Å². The Balaban J connectivity index is 1.18. The third-order valence-electron chi connectivity index (χ3n) is 6.69. The molecule has 2 unspecified atom stereocenters. The normalized spacial score (nSPS) is 20.4. The predicted molar refractivity (Wildman–Crippen MR) is 153 cm³/mol. The highest BCUT2D eigenvalue weighted by atomic mass is 31.2. The summed E-state index contributed by atoms with van der Waals surface area (Å²) in [5.74, 6) is 1.15. The van der Waals surface area contributed by atoms with Crippen molar-refractivity contribution in [2.24, 2.45) is 0 Å². The molecule has 2 N–H and O–H groups in total. The average molecular weight is 536 g/mol. The van der Waals surface area contributed by atoms with Gasteiger partial charge in [0.2, 0.25) is 0 Å². The standard InChI is InChI=1S/C30H22N2O4P2/c33-37(29-15-7-3-11-25(29)23-9-1-5-13-27(23)35-37)31-21-17-19-22(20-18-21)32-38(34)30-16-8-4-12-26(30)24-10-2-6-14-28(24)36-38/h1-20H,(H,31,33)(H,32,34). The van der Waals surface area contributed by atoms with Crippen LogP contribution in [-0.4, -0.2) is 0 Å². The average Bonchev–Trinajstić information content (AvgIpc) is 2.94. The third kappa shape index (κ3) is 3.73. The smallest absolute Gasteiger partial charge is 0.372 e. The Kier molecular flexibility index (Phi) is 5.23. The molecule has 5 aromatic rings. The van der Waals surface area contributed by atoms with Crippen LogP contribution in [0.25, 0.3) is 22.3 Å². The Hall–Kier alpha value is -4.24. The van der Waals surface area contributed by atoms with Crippen LogP contribution in [0.4, 0.5) is 11.4 Å². The third-order valence-corrected chi connectivity index (χ3v) is 10.7. The van der Waals surface area contributed by atoms with Crippen molar-refractivity contribution in [3.05, 3.63) is 121 Å². The minimum atomic E-state index is -3.45. The molecule has 6 nitrogen and oxygen atoms in total. The minimum Gasteiger partial charge on any atom is -0.425 e. The summed E-state index contributed by atoms with van der Waals surface area (Å²) in [5, 5.41) is 7.50. The molecule has 186 valence electrons. The van der Waals surface area contributed by atoms with E-state index in [9.17, 15) is 9.13 Å². The zero-order chi connectivity index (χ0) is 25.7. The topological polar surface area (TPSA) is 76.7 Å². The van der Waals surface area contributed by atoms with Crippen molar-refractivity contribution >= 4 is 37.0 Å². The van der Waals surface area contributed by atoms with Crippen molar-refractivity contribution < 1.29 is 18.2 Å². The van der Waals surface area contributed by atoms with Crippen LogP contribution in [0.15, 0.2) is 121 Å². The fourth-order valence-corrected chi connectivity index (χ4v) is 8.92. The van der Waals surface area contributed by atoms with E-state index in [-0.39, 0.29) is 0 Å². The monoisotopic (exact) mass is 536 g/mol.